The number of fused-ring (bicyclic) bond motifs is 1. The lowest BCUT2D eigenvalue weighted by Crippen LogP contribution is -2.06. The highest BCUT2D eigenvalue weighted by Gasteiger charge is 2.22. The lowest BCUT2D eigenvalue weighted by molar-refractivity contribution is 0.252. The molecule has 1 aromatic rings. The molecule has 1 aliphatic rings. The van der Waals surface area contributed by atoms with Crippen molar-refractivity contribution in [2.75, 3.05) is 0 Å². The fraction of sp³-hybridized carbons (Fsp3) is 0.500. The average molecular weight is 176 g/mol. The summed E-state index contributed by atoms with van der Waals surface area (Å²) in [6.45, 7) is 6.55. The van der Waals surface area contributed by atoms with E-state index in [4.69, 9.17) is 4.74 Å². The summed E-state index contributed by atoms with van der Waals surface area (Å²) >= 11 is 0. The third-order valence-electron chi connectivity index (χ3n) is 2.58. The van der Waals surface area contributed by atoms with Crippen molar-refractivity contribution in [3.8, 4) is 5.75 Å². The van der Waals surface area contributed by atoms with Gasteiger partial charge in [0, 0.05) is 6.42 Å². The topological polar surface area (TPSA) is 9.23 Å². The van der Waals surface area contributed by atoms with Crippen LogP contribution < -0.4 is 4.74 Å². The van der Waals surface area contributed by atoms with Gasteiger partial charge in [-0.05, 0) is 24.0 Å². The summed E-state index contributed by atoms with van der Waals surface area (Å²) in [5.74, 6) is 1.70. The van der Waals surface area contributed by atoms with Gasteiger partial charge in [-0.3, -0.25) is 0 Å². The highest BCUT2D eigenvalue weighted by Crippen LogP contribution is 2.35. The zero-order valence-electron chi connectivity index (χ0n) is 8.50. The first-order valence-corrected chi connectivity index (χ1v) is 4.97. The van der Waals surface area contributed by atoms with Gasteiger partial charge in [0.25, 0.3) is 0 Å². The quantitative estimate of drug-likeness (QED) is 0.638. The van der Waals surface area contributed by atoms with Gasteiger partial charge in [0.05, 0.1) is 0 Å². The van der Waals surface area contributed by atoms with E-state index in [0.29, 0.717) is 12.0 Å². The van der Waals surface area contributed by atoms with E-state index in [1.54, 1.807) is 0 Å². The summed E-state index contributed by atoms with van der Waals surface area (Å²) in [5.41, 5.74) is 2.72. The highest BCUT2D eigenvalue weighted by atomic mass is 16.5. The van der Waals surface area contributed by atoms with Gasteiger partial charge in [0.1, 0.15) is 11.9 Å². The third-order valence-corrected chi connectivity index (χ3v) is 2.58. The van der Waals surface area contributed by atoms with Gasteiger partial charge in [-0.2, -0.15) is 0 Å². The summed E-state index contributed by atoms with van der Waals surface area (Å²) in [7, 11) is 0. The first-order valence-electron chi connectivity index (χ1n) is 4.97. The lowest BCUT2D eigenvalue weighted by Gasteiger charge is -2.11. The minimum atomic E-state index is 0.356. The Morgan fingerprint density at radius 3 is 2.85 bits per heavy atom. The van der Waals surface area contributed by atoms with Crippen molar-refractivity contribution in [2.45, 2.75) is 39.2 Å². The van der Waals surface area contributed by atoms with E-state index < -0.39 is 0 Å². The third kappa shape index (κ3) is 1.43. The summed E-state index contributed by atoms with van der Waals surface area (Å²) in [6, 6.07) is 6.47. The second-order valence-corrected chi connectivity index (χ2v) is 4.12. The van der Waals surface area contributed by atoms with Crippen LogP contribution in [0.15, 0.2) is 18.2 Å². The minimum absolute atomic E-state index is 0.356. The van der Waals surface area contributed by atoms with E-state index in [2.05, 4.69) is 39.0 Å². The Balaban J connectivity index is 2.45. The zero-order valence-corrected chi connectivity index (χ0v) is 8.50. The maximum absolute atomic E-state index is 5.80. The second kappa shape index (κ2) is 3.06. The molecule has 2 rings (SSSR count). The van der Waals surface area contributed by atoms with Crippen LogP contribution in [0, 0.1) is 0 Å². The molecule has 0 N–H and O–H groups in total. The molecule has 0 aromatic heterocycles. The zero-order chi connectivity index (χ0) is 9.42. The molecule has 1 aliphatic heterocycles. The van der Waals surface area contributed by atoms with Crippen LogP contribution in [0.5, 0.6) is 5.75 Å². The molecule has 1 nitrogen and oxygen atoms in total. The number of hydrogen-bond donors (Lipinski definition) is 0. The Labute approximate surface area is 79.7 Å². The number of hydrogen-bond acceptors (Lipinski definition) is 1. The molecular weight excluding hydrogens is 160 g/mol. The van der Waals surface area contributed by atoms with Gasteiger partial charge in [-0.1, -0.05) is 32.0 Å². The summed E-state index contributed by atoms with van der Waals surface area (Å²) in [5, 5.41) is 0. The minimum Gasteiger partial charge on any atom is -0.490 e. The van der Waals surface area contributed by atoms with E-state index >= 15 is 0 Å². The molecule has 1 heterocycles. The Bertz CT molecular complexity index is 315. The average Bonchev–Trinajstić information content (AvgIpc) is 2.43. The normalized spacial score (nSPS) is 20.2. The van der Waals surface area contributed by atoms with E-state index in [-0.39, 0.29) is 0 Å². The van der Waals surface area contributed by atoms with E-state index in [9.17, 15) is 0 Å². The Kier molecular flexibility index (Phi) is 2.03. The molecule has 0 saturated heterocycles. The summed E-state index contributed by atoms with van der Waals surface area (Å²) in [4.78, 5) is 0. The van der Waals surface area contributed by atoms with E-state index in [1.165, 1.54) is 11.1 Å². The van der Waals surface area contributed by atoms with Gasteiger partial charge in [-0.15, -0.1) is 0 Å². The number of para-hydroxylation sites is 1. The Morgan fingerprint density at radius 1 is 1.38 bits per heavy atom. The molecule has 13 heavy (non-hydrogen) atoms. The van der Waals surface area contributed by atoms with Crippen LogP contribution in [0.4, 0.5) is 0 Å². The fourth-order valence-electron chi connectivity index (χ4n) is 1.92. The Morgan fingerprint density at radius 2 is 2.15 bits per heavy atom. The van der Waals surface area contributed by atoms with Crippen molar-refractivity contribution in [3.63, 3.8) is 0 Å². The smallest absolute Gasteiger partial charge is 0.126 e. The van der Waals surface area contributed by atoms with Crippen LogP contribution in [0.2, 0.25) is 0 Å². The lowest BCUT2D eigenvalue weighted by atomic mass is 9.99. The first-order chi connectivity index (χ1) is 6.18. The van der Waals surface area contributed by atoms with Gasteiger partial charge in [0.15, 0.2) is 0 Å². The van der Waals surface area contributed by atoms with Crippen LogP contribution >= 0.6 is 0 Å². The molecule has 0 amide bonds. The molecule has 1 heteroatoms. The van der Waals surface area contributed by atoms with Gasteiger partial charge >= 0.3 is 0 Å². The number of benzene rings is 1. The van der Waals surface area contributed by atoms with Crippen molar-refractivity contribution >= 4 is 0 Å². The van der Waals surface area contributed by atoms with Gasteiger partial charge in [-0.25, -0.2) is 0 Å². The second-order valence-electron chi connectivity index (χ2n) is 4.12. The molecule has 1 atom stereocenters. The van der Waals surface area contributed by atoms with Crippen molar-refractivity contribution in [1.29, 1.82) is 0 Å². The largest absolute Gasteiger partial charge is 0.490 e. The first kappa shape index (κ1) is 8.61. The maximum atomic E-state index is 5.80. The molecule has 0 fully saturated rings. The molecule has 1 aromatic carbocycles. The molecule has 0 aliphatic carbocycles. The van der Waals surface area contributed by atoms with Crippen LogP contribution in [0.3, 0.4) is 0 Å². The van der Waals surface area contributed by atoms with Crippen molar-refractivity contribution < 1.29 is 4.74 Å². The van der Waals surface area contributed by atoms with Crippen molar-refractivity contribution in [3.05, 3.63) is 29.3 Å². The predicted molar refractivity (Wildman–Crippen MR) is 54.3 cm³/mol. The van der Waals surface area contributed by atoms with E-state index in [1.807, 2.05) is 0 Å². The molecule has 70 valence electrons. The molecule has 1 unspecified atom stereocenters. The highest BCUT2D eigenvalue weighted by molar-refractivity contribution is 5.46. The van der Waals surface area contributed by atoms with Crippen LogP contribution in [-0.4, -0.2) is 6.10 Å². The molecule has 0 bridgehead atoms. The van der Waals surface area contributed by atoms with Crippen LogP contribution in [-0.2, 0) is 6.42 Å². The van der Waals surface area contributed by atoms with Gasteiger partial charge in [0.2, 0.25) is 0 Å². The molecule has 0 saturated carbocycles. The predicted octanol–water partition coefficient (Wildman–Crippen LogP) is 3.13. The summed E-state index contributed by atoms with van der Waals surface area (Å²) < 4.78 is 5.80. The van der Waals surface area contributed by atoms with Crippen LogP contribution in [0.1, 0.15) is 37.8 Å². The Hall–Kier alpha value is -0.980. The molecule has 0 spiro atoms. The number of rotatable bonds is 1. The van der Waals surface area contributed by atoms with Crippen molar-refractivity contribution in [1.82, 2.24) is 0 Å². The fourth-order valence-corrected chi connectivity index (χ4v) is 1.92. The van der Waals surface area contributed by atoms with Gasteiger partial charge < -0.3 is 4.74 Å². The van der Waals surface area contributed by atoms with E-state index in [0.717, 1.165) is 12.2 Å². The number of ether oxygens (including phenoxy) is 1. The maximum Gasteiger partial charge on any atom is 0.126 e. The molecule has 0 radical (unpaired) electrons. The monoisotopic (exact) mass is 176 g/mol. The van der Waals surface area contributed by atoms with Crippen molar-refractivity contribution in [2.24, 2.45) is 0 Å². The molecular formula is C12H16O. The van der Waals surface area contributed by atoms with Crippen LogP contribution in [0.25, 0.3) is 0 Å². The summed E-state index contributed by atoms with van der Waals surface area (Å²) in [6.07, 6.45) is 1.42. The standard InChI is InChI=1S/C12H16O/c1-8(2)11-6-4-5-10-7-9(3)13-12(10)11/h4-6,8-9H,7H2,1-3H3. The SMILES string of the molecule is CC1Cc2cccc(C(C)C)c2O1.